The van der Waals surface area contributed by atoms with Gasteiger partial charge in [-0.05, 0) is 111 Å². The molecule has 8 rings (SSSR count). The summed E-state index contributed by atoms with van der Waals surface area (Å²) in [6.07, 6.45) is 8.82. The Hall–Kier alpha value is -11.5. The Labute approximate surface area is 523 Å². The van der Waals surface area contributed by atoms with Gasteiger partial charge >= 0.3 is 11.9 Å². The smallest absolute Gasteiger partial charge is 0.338 e. The average molecular weight is 1290 g/mol. The molecule has 30 nitrogen and oxygen atoms in total. The van der Waals surface area contributed by atoms with Gasteiger partial charge in [-0.2, -0.15) is 0 Å². The highest BCUT2D eigenvalue weighted by Crippen LogP contribution is 2.40. The highest BCUT2D eigenvalue weighted by atomic mass is 16.5. The molecule has 4 amide bonds. The predicted molar refractivity (Wildman–Crippen MR) is 321 cm³/mol. The topological polar surface area (TPSA) is 533 Å². The predicted octanol–water partition coefficient (Wildman–Crippen LogP) is 6.30. The number of unbranched alkanes of at least 4 members (excludes halogenated alkanes) is 2. The summed E-state index contributed by atoms with van der Waals surface area (Å²) in [5.74, 6) is -15.2. The van der Waals surface area contributed by atoms with Crippen LogP contribution in [0.25, 0.3) is 0 Å². The molecule has 2 fully saturated rings. The number of aromatic hydroxyl groups is 18. The number of carbonyl (C=O) groups excluding carboxylic acids is 6. The number of ether oxygens (including phenoxy) is 2. The van der Waals surface area contributed by atoms with Crippen LogP contribution < -0.4 is 21.3 Å². The molecule has 0 heterocycles. The van der Waals surface area contributed by atoms with Crippen molar-refractivity contribution in [3.63, 3.8) is 0 Å². The Bertz CT molecular complexity index is 3120. The van der Waals surface area contributed by atoms with Crippen LogP contribution in [0.3, 0.4) is 0 Å². The van der Waals surface area contributed by atoms with E-state index in [0.717, 1.165) is 124 Å². The van der Waals surface area contributed by atoms with Gasteiger partial charge in [0, 0.05) is 46.4 Å². The minimum atomic E-state index is -0.727. The van der Waals surface area contributed by atoms with Crippen LogP contribution in [-0.4, -0.2) is 165 Å². The van der Waals surface area contributed by atoms with Crippen molar-refractivity contribution in [1.29, 1.82) is 0 Å². The summed E-state index contributed by atoms with van der Waals surface area (Å²) in [6, 6.07) is 10.5. The highest BCUT2D eigenvalue weighted by Gasteiger charge is 2.32. The summed E-state index contributed by atoms with van der Waals surface area (Å²) in [5.41, 5.74) is -0.245. The van der Waals surface area contributed by atoms with Gasteiger partial charge in [0.2, 0.25) is 0 Å². The van der Waals surface area contributed by atoms with Crippen molar-refractivity contribution in [2.24, 2.45) is 0 Å². The van der Waals surface area contributed by atoms with Crippen LogP contribution in [0.1, 0.15) is 153 Å². The van der Waals surface area contributed by atoms with E-state index in [1.165, 1.54) is 0 Å². The fourth-order valence-corrected chi connectivity index (χ4v) is 9.13. The van der Waals surface area contributed by atoms with Gasteiger partial charge in [-0.3, -0.25) is 19.2 Å². The van der Waals surface area contributed by atoms with E-state index >= 15 is 0 Å². The standard InChI is InChI=1S/2C20H22N2O8.2C11H14O5/c2*23-13-5-9(6-14(24)17(13)27)19(29)21-11-3-1-2-4-12(11)22-20(30)10-7-15(25)18(28)16(26)8-10;2*1-2-3-4-16-11(15)7-5-8(12)10(14)9(13)6-7/h2*5-8,11-12,23-28H,1-4H2,(H,21,29)(H,22,30);2*5-6,12-14H,2-4H2,1H3/t11-,12+;11-,12-;;/m.1../s1. The lowest BCUT2D eigenvalue weighted by atomic mass is 9.89. The maximum Gasteiger partial charge on any atom is 0.338 e. The molecule has 0 aliphatic heterocycles. The van der Waals surface area contributed by atoms with Crippen molar-refractivity contribution in [1.82, 2.24) is 21.3 Å². The zero-order valence-corrected chi connectivity index (χ0v) is 49.5. The van der Waals surface area contributed by atoms with E-state index in [4.69, 9.17) is 19.7 Å². The van der Waals surface area contributed by atoms with Gasteiger partial charge in [0.05, 0.1) is 24.3 Å². The van der Waals surface area contributed by atoms with Gasteiger partial charge < -0.3 is 123 Å². The van der Waals surface area contributed by atoms with Crippen LogP contribution >= 0.6 is 0 Å². The zero-order chi connectivity index (χ0) is 68.3. The number of nitrogens with one attached hydrogen (secondary N) is 4. The molecule has 22 N–H and O–H groups in total. The first kappa shape index (κ1) is 71.3. The largest absolute Gasteiger partial charge is 0.504 e. The summed E-state index contributed by atoms with van der Waals surface area (Å²) in [4.78, 5) is 73.0. The summed E-state index contributed by atoms with van der Waals surface area (Å²) < 4.78 is 9.75. The monoisotopic (exact) mass is 1290 g/mol. The van der Waals surface area contributed by atoms with Crippen LogP contribution in [0.5, 0.6) is 103 Å². The van der Waals surface area contributed by atoms with E-state index < -0.39 is 163 Å². The first-order chi connectivity index (χ1) is 43.5. The van der Waals surface area contributed by atoms with Crippen molar-refractivity contribution in [2.75, 3.05) is 13.2 Å². The van der Waals surface area contributed by atoms with Gasteiger partial charge in [0.15, 0.2) is 103 Å². The molecule has 30 heteroatoms. The number of rotatable bonds is 16. The Balaban J connectivity index is 0.000000233. The maximum absolute atomic E-state index is 12.5. The van der Waals surface area contributed by atoms with Gasteiger partial charge in [-0.25, -0.2) is 9.59 Å². The molecule has 0 radical (unpaired) electrons. The number of phenols is 18. The molecule has 6 aromatic rings. The summed E-state index contributed by atoms with van der Waals surface area (Å²) in [5, 5.41) is 180. The first-order valence-electron chi connectivity index (χ1n) is 28.5. The molecular weight excluding hydrogens is 1220 g/mol. The number of carbonyl (C=O) groups is 6. The fourth-order valence-electron chi connectivity index (χ4n) is 9.13. The lowest BCUT2D eigenvalue weighted by Crippen LogP contribution is -2.53. The van der Waals surface area contributed by atoms with Crippen LogP contribution in [0.15, 0.2) is 72.8 Å². The van der Waals surface area contributed by atoms with E-state index in [9.17, 15) is 110 Å². The van der Waals surface area contributed by atoms with Gasteiger partial charge in [0.1, 0.15) is 0 Å². The van der Waals surface area contributed by atoms with E-state index in [1.807, 2.05) is 13.8 Å². The Morgan fingerprint density at radius 2 is 0.467 bits per heavy atom. The molecule has 2 aliphatic carbocycles. The summed E-state index contributed by atoms with van der Waals surface area (Å²) in [6.45, 7) is 4.51. The van der Waals surface area contributed by atoms with Gasteiger partial charge in [-0.15, -0.1) is 0 Å². The lowest BCUT2D eigenvalue weighted by molar-refractivity contribution is 0.0489. The molecule has 0 saturated heterocycles. The second-order valence-corrected chi connectivity index (χ2v) is 21.0. The zero-order valence-electron chi connectivity index (χ0n) is 49.5. The molecule has 92 heavy (non-hydrogen) atoms. The third-order valence-corrected chi connectivity index (χ3v) is 14.2. The Kier molecular flexibility index (Phi) is 25.3. The highest BCUT2D eigenvalue weighted by molar-refractivity contribution is 5.98. The quantitative estimate of drug-likeness (QED) is 0.0287. The van der Waals surface area contributed by atoms with Gasteiger partial charge in [0.25, 0.3) is 23.6 Å². The van der Waals surface area contributed by atoms with Crippen LogP contribution in [0.2, 0.25) is 0 Å². The first-order valence-corrected chi connectivity index (χ1v) is 28.5. The van der Waals surface area contributed by atoms with Crippen LogP contribution in [0.4, 0.5) is 0 Å². The van der Waals surface area contributed by atoms with E-state index in [0.29, 0.717) is 25.7 Å². The second-order valence-electron chi connectivity index (χ2n) is 21.0. The average Bonchev–Trinajstić information content (AvgIpc) is 2.55. The minimum absolute atomic E-state index is 0.00361. The molecule has 0 aromatic heterocycles. The van der Waals surface area contributed by atoms with Gasteiger partial charge in [-0.1, -0.05) is 52.4 Å². The van der Waals surface area contributed by atoms with Crippen LogP contribution in [0, 0.1) is 0 Å². The van der Waals surface area contributed by atoms with Crippen molar-refractivity contribution in [2.45, 2.75) is 115 Å². The molecule has 6 aromatic carbocycles. The summed E-state index contributed by atoms with van der Waals surface area (Å²) >= 11 is 0. The molecule has 496 valence electrons. The lowest BCUT2D eigenvalue weighted by Gasteiger charge is -2.33. The van der Waals surface area contributed by atoms with E-state index in [2.05, 4.69) is 21.3 Å². The van der Waals surface area contributed by atoms with Crippen LogP contribution in [-0.2, 0) is 9.47 Å². The Morgan fingerprint density at radius 1 is 0.304 bits per heavy atom. The molecule has 4 atom stereocenters. The number of amides is 4. The molecule has 0 bridgehead atoms. The van der Waals surface area contributed by atoms with Crippen molar-refractivity contribution >= 4 is 35.6 Å². The normalized spacial score (nSPS) is 15.6. The minimum Gasteiger partial charge on any atom is -0.504 e. The number of benzene rings is 6. The molecule has 0 spiro atoms. The van der Waals surface area contributed by atoms with E-state index in [-0.39, 0.29) is 46.6 Å². The summed E-state index contributed by atoms with van der Waals surface area (Å²) in [7, 11) is 0. The fraction of sp³-hybridized carbons (Fsp3) is 0.323. The SMILES string of the molecule is CCCCOC(=O)c1cc(O)c(O)c(O)c1.CCCCOC(=O)c1cc(O)c(O)c(O)c1.O=C(N[C@@H]1CCCC[C@H]1NC(=O)c1cc(O)c(O)c(O)c1)c1cc(O)c(O)c(O)c1.O=C(N[C@H]1CCCC[C@H]1NC(=O)c1cc(O)c(O)c(O)c1)c1cc(O)c(O)c(O)c1. The third kappa shape index (κ3) is 19.3. The van der Waals surface area contributed by atoms with E-state index in [1.54, 1.807) is 0 Å². The second kappa shape index (κ2) is 32.7. The number of phenolic OH excluding ortho intramolecular Hbond substituents is 18. The third-order valence-electron chi connectivity index (χ3n) is 14.2. The van der Waals surface area contributed by atoms with Crippen molar-refractivity contribution < 1.29 is 130 Å². The Morgan fingerprint density at radius 3 is 0.630 bits per heavy atom. The number of hydrogen-bond donors (Lipinski definition) is 22. The maximum atomic E-state index is 12.5. The molecule has 2 saturated carbocycles. The van der Waals surface area contributed by atoms with Crippen molar-refractivity contribution in [3.05, 3.63) is 106 Å². The number of hydrogen-bond acceptors (Lipinski definition) is 26. The molecule has 0 unspecified atom stereocenters. The van der Waals surface area contributed by atoms with Crippen molar-refractivity contribution in [3.8, 4) is 103 Å². The molecule has 2 aliphatic rings. The number of esters is 2. The molecular formula is C62H72N4O26.